The van der Waals surface area contributed by atoms with Crippen LogP contribution in [0, 0.1) is 5.92 Å². The van der Waals surface area contributed by atoms with Gasteiger partial charge in [-0.3, -0.25) is 0 Å². The number of hydrogen-bond acceptors (Lipinski definition) is 3. The number of methoxy groups -OCH3 is 1. The lowest BCUT2D eigenvalue weighted by atomic mass is 9.72. The Kier molecular flexibility index (Phi) is 4.81. The van der Waals surface area contributed by atoms with Gasteiger partial charge in [-0.15, -0.1) is 0 Å². The van der Waals surface area contributed by atoms with E-state index in [4.69, 9.17) is 9.39 Å². The standard InChI is InChI=1S/C14H22BNO2/c1-11(2)8-13(10-17-3)16-15-14-7-5-4-6-12(14)9-18-15/h4-7,11,13,16H,8-10H2,1-3H3. The average Bonchev–Trinajstić information content (AvgIpc) is 2.72. The van der Waals surface area contributed by atoms with Crippen molar-refractivity contribution in [1.82, 2.24) is 5.23 Å². The first-order valence-electron chi connectivity index (χ1n) is 6.65. The Morgan fingerprint density at radius 3 is 2.89 bits per heavy atom. The monoisotopic (exact) mass is 247 g/mol. The Morgan fingerprint density at radius 1 is 1.39 bits per heavy atom. The maximum Gasteiger partial charge on any atom is 0.416 e. The highest BCUT2D eigenvalue weighted by Crippen LogP contribution is 2.11. The summed E-state index contributed by atoms with van der Waals surface area (Å²) in [7, 11) is 1.76. The van der Waals surface area contributed by atoms with Crippen molar-refractivity contribution in [1.29, 1.82) is 0 Å². The summed E-state index contributed by atoms with van der Waals surface area (Å²) in [6.07, 6.45) is 1.09. The minimum Gasteiger partial charge on any atom is -0.413 e. The third kappa shape index (κ3) is 3.34. The molecule has 1 aromatic rings. The summed E-state index contributed by atoms with van der Waals surface area (Å²) in [6.45, 7) is 5.89. The van der Waals surface area contributed by atoms with Gasteiger partial charge >= 0.3 is 7.05 Å². The number of fused-ring (bicyclic) bond motifs is 1. The minimum atomic E-state index is 0.0140. The first-order valence-corrected chi connectivity index (χ1v) is 6.65. The smallest absolute Gasteiger partial charge is 0.413 e. The molecule has 4 heteroatoms. The van der Waals surface area contributed by atoms with E-state index >= 15 is 0 Å². The molecule has 0 saturated heterocycles. The van der Waals surface area contributed by atoms with Gasteiger partial charge in [-0.25, -0.2) is 0 Å². The third-order valence-corrected chi connectivity index (χ3v) is 3.25. The van der Waals surface area contributed by atoms with Gasteiger partial charge < -0.3 is 14.6 Å². The Morgan fingerprint density at radius 2 is 2.17 bits per heavy atom. The van der Waals surface area contributed by atoms with Gasteiger partial charge in [-0.2, -0.15) is 0 Å². The van der Waals surface area contributed by atoms with Crippen molar-refractivity contribution < 1.29 is 9.39 Å². The van der Waals surface area contributed by atoms with Crippen molar-refractivity contribution in [3.8, 4) is 0 Å². The van der Waals surface area contributed by atoms with Crippen LogP contribution in [0.1, 0.15) is 25.8 Å². The molecule has 1 aliphatic heterocycles. The molecule has 98 valence electrons. The molecule has 1 N–H and O–H groups in total. The van der Waals surface area contributed by atoms with E-state index in [1.807, 2.05) is 0 Å². The van der Waals surface area contributed by atoms with E-state index in [9.17, 15) is 0 Å². The summed E-state index contributed by atoms with van der Waals surface area (Å²) >= 11 is 0. The van der Waals surface area contributed by atoms with Crippen LogP contribution >= 0.6 is 0 Å². The summed E-state index contributed by atoms with van der Waals surface area (Å²) in [6, 6.07) is 8.73. The predicted molar refractivity (Wildman–Crippen MR) is 74.9 cm³/mol. The molecule has 1 aliphatic rings. The SMILES string of the molecule is COCC(CC(C)C)NB1OCc2ccccc21. The predicted octanol–water partition coefficient (Wildman–Crippen LogP) is 1.56. The second-order valence-corrected chi connectivity index (χ2v) is 5.34. The molecule has 18 heavy (non-hydrogen) atoms. The normalized spacial score (nSPS) is 16.1. The van der Waals surface area contributed by atoms with E-state index in [1.165, 1.54) is 11.0 Å². The fourth-order valence-electron chi connectivity index (χ4n) is 2.49. The lowest BCUT2D eigenvalue weighted by molar-refractivity contribution is 0.162. The molecular formula is C14H22BNO2. The first-order chi connectivity index (χ1) is 8.70. The van der Waals surface area contributed by atoms with Gasteiger partial charge in [0.2, 0.25) is 0 Å². The van der Waals surface area contributed by atoms with Gasteiger partial charge in [-0.05, 0) is 23.4 Å². The summed E-state index contributed by atoms with van der Waals surface area (Å²) in [5.74, 6) is 0.647. The van der Waals surface area contributed by atoms with E-state index in [2.05, 4.69) is 43.3 Å². The number of hydrogen-bond donors (Lipinski definition) is 1. The topological polar surface area (TPSA) is 30.5 Å². The highest BCUT2D eigenvalue weighted by atomic mass is 16.5. The van der Waals surface area contributed by atoms with Crippen LogP contribution in [0.5, 0.6) is 0 Å². The van der Waals surface area contributed by atoms with Gasteiger partial charge in [0.1, 0.15) is 0 Å². The zero-order valence-electron chi connectivity index (χ0n) is 11.5. The van der Waals surface area contributed by atoms with E-state index in [1.54, 1.807) is 7.11 Å². The molecule has 1 aromatic carbocycles. The summed E-state index contributed by atoms with van der Waals surface area (Å²) in [5, 5.41) is 3.56. The molecule has 2 rings (SSSR count). The Labute approximate surface area is 110 Å². The van der Waals surface area contributed by atoms with E-state index in [0.717, 1.165) is 13.0 Å². The van der Waals surface area contributed by atoms with Gasteiger partial charge in [-0.1, -0.05) is 38.1 Å². The second-order valence-electron chi connectivity index (χ2n) is 5.34. The van der Waals surface area contributed by atoms with Gasteiger partial charge in [0.15, 0.2) is 0 Å². The summed E-state index contributed by atoms with van der Waals surface area (Å²) < 4.78 is 11.1. The van der Waals surface area contributed by atoms with Crippen LogP contribution in [0.15, 0.2) is 24.3 Å². The van der Waals surface area contributed by atoms with Crippen LogP contribution in [-0.2, 0) is 16.0 Å². The maximum absolute atomic E-state index is 5.82. The molecule has 3 nitrogen and oxygen atoms in total. The van der Waals surface area contributed by atoms with Crippen LogP contribution in [0.4, 0.5) is 0 Å². The molecule has 0 spiro atoms. The fraction of sp³-hybridized carbons (Fsp3) is 0.571. The van der Waals surface area contributed by atoms with Crippen LogP contribution in [-0.4, -0.2) is 26.8 Å². The molecule has 1 heterocycles. The molecule has 1 unspecified atom stereocenters. The van der Waals surface area contributed by atoms with Crippen molar-refractivity contribution in [2.24, 2.45) is 5.92 Å². The molecule has 0 aromatic heterocycles. The van der Waals surface area contributed by atoms with Crippen molar-refractivity contribution in [2.75, 3.05) is 13.7 Å². The second kappa shape index (κ2) is 6.37. The molecule has 0 amide bonds. The summed E-state index contributed by atoms with van der Waals surface area (Å²) in [5.41, 5.74) is 2.55. The Hall–Kier alpha value is -0.835. The van der Waals surface area contributed by atoms with Crippen LogP contribution in [0.25, 0.3) is 0 Å². The molecule has 0 bridgehead atoms. The highest BCUT2D eigenvalue weighted by molar-refractivity contribution is 6.66. The molecule has 1 atom stereocenters. The number of ether oxygens (including phenoxy) is 1. The van der Waals surface area contributed by atoms with Crippen molar-refractivity contribution in [3.63, 3.8) is 0 Å². The van der Waals surface area contributed by atoms with Crippen LogP contribution in [0.2, 0.25) is 0 Å². The molecule has 0 radical (unpaired) electrons. The highest BCUT2D eigenvalue weighted by Gasteiger charge is 2.30. The third-order valence-electron chi connectivity index (χ3n) is 3.25. The van der Waals surface area contributed by atoms with Crippen LogP contribution in [0.3, 0.4) is 0 Å². The van der Waals surface area contributed by atoms with Gasteiger partial charge in [0.05, 0.1) is 13.2 Å². The Bertz CT molecular complexity index is 384. The minimum absolute atomic E-state index is 0.0140. The van der Waals surface area contributed by atoms with Crippen molar-refractivity contribution in [2.45, 2.75) is 32.9 Å². The zero-order chi connectivity index (χ0) is 13.0. The fourth-order valence-corrected chi connectivity index (χ4v) is 2.49. The zero-order valence-corrected chi connectivity index (χ0v) is 11.5. The average molecular weight is 247 g/mol. The van der Waals surface area contributed by atoms with E-state index in [0.29, 0.717) is 18.6 Å². The lowest BCUT2D eigenvalue weighted by Gasteiger charge is -2.22. The molecular weight excluding hydrogens is 225 g/mol. The molecule has 0 saturated carbocycles. The van der Waals surface area contributed by atoms with Gasteiger partial charge in [0.25, 0.3) is 0 Å². The van der Waals surface area contributed by atoms with Crippen molar-refractivity contribution in [3.05, 3.63) is 29.8 Å². The van der Waals surface area contributed by atoms with Gasteiger partial charge in [0, 0.05) is 13.2 Å². The number of rotatable bonds is 6. The largest absolute Gasteiger partial charge is 0.416 e. The molecule has 0 fully saturated rings. The molecule has 0 aliphatic carbocycles. The number of nitrogens with one attached hydrogen (secondary N) is 1. The number of benzene rings is 1. The lowest BCUT2D eigenvalue weighted by Crippen LogP contribution is -2.51. The quantitative estimate of drug-likeness (QED) is 0.774. The summed E-state index contributed by atoms with van der Waals surface area (Å²) in [4.78, 5) is 0. The van der Waals surface area contributed by atoms with Crippen molar-refractivity contribution >= 4 is 12.5 Å². The maximum atomic E-state index is 5.82. The Balaban J connectivity index is 2.00. The first kappa shape index (κ1) is 13.6. The van der Waals surface area contributed by atoms with E-state index in [-0.39, 0.29) is 7.05 Å². The van der Waals surface area contributed by atoms with Crippen LogP contribution < -0.4 is 10.7 Å². The van der Waals surface area contributed by atoms with E-state index < -0.39 is 0 Å².